The van der Waals surface area contributed by atoms with Crippen molar-refractivity contribution in [1.29, 1.82) is 0 Å². The number of rotatable bonds is 3. The number of aromatic nitrogens is 3. The minimum Gasteiger partial charge on any atom is -0.272 e. The van der Waals surface area contributed by atoms with Crippen LogP contribution in [0.4, 0.5) is 0 Å². The number of nitrogens with zero attached hydrogens (tertiary/aromatic N) is 3. The Bertz CT molecular complexity index is 421. The fourth-order valence-corrected chi connectivity index (χ4v) is 2.44. The molecule has 0 radical (unpaired) electrons. The molecule has 2 heterocycles. The summed E-state index contributed by atoms with van der Waals surface area (Å²) in [6.45, 7) is 3.11. The third-order valence-corrected chi connectivity index (χ3v) is 3.41. The van der Waals surface area contributed by atoms with Gasteiger partial charge in [0.25, 0.3) is 0 Å². The van der Waals surface area contributed by atoms with Gasteiger partial charge in [-0.3, -0.25) is 4.68 Å². The van der Waals surface area contributed by atoms with Gasteiger partial charge in [-0.05, 0) is 22.4 Å². The number of halogens is 1. The maximum absolute atomic E-state index is 4.34. The highest BCUT2D eigenvalue weighted by Crippen LogP contribution is 2.25. The normalized spacial score (nSPS) is 10.7. The molecule has 0 aliphatic rings. The molecule has 0 saturated heterocycles. The molecule has 0 unspecified atom stereocenters. The Morgan fingerprint density at radius 2 is 2.43 bits per heavy atom. The molecule has 0 atom stereocenters. The highest BCUT2D eigenvalue weighted by Gasteiger charge is 2.05. The van der Waals surface area contributed by atoms with Crippen LogP contribution in [-0.2, 0) is 6.54 Å². The fraction of sp³-hybridized carbons (Fsp3) is 0.333. The van der Waals surface area contributed by atoms with Crippen LogP contribution < -0.4 is 0 Å². The van der Waals surface area contributed by atoms with E-state index in [0.29, 0.717) is 0 Å². The van der Waals surface area contributed by atoms with Gasteiger partial charge in [0.1, 0.15) is 9.61 Å². The Morgan fingerprint density at radius 1 is 1.57 bits per heavy atom. The minimum atomic E-state index is 0.890. The lowest BCUT2D eigenvalue weighted by atomic mass is 10.4. The fourth-order valence-electron chi connectivity index (χ4n) is 1.21. The van der Waals surface area contributed by atoms with E-state index < -0.39 is 0 Å². The quantitative estimate of drug-likeness (QED) is 0.859. The van der Waals surface area contributed by atoms with Crippen molar-refractivity contribution >= 4 is 27.3 Å². The van der Waals surface area contributed by atoms with Crippen molar-refractivity contribution in [2.45, 2.75) is 19.9 Å². The zero-order valence-electron chi connectivity index (χ0n) is 7.77. The summed E-state index contributed by atoms with van der Waals surface area (Å²) >= 11 is 4.96. The zero-order chi connectivity index (χ0) is 9.97. The molecule has 0 aliphatic heterocycles. The first-order chi connectivity index (χ1) is 6.79. The van der Waals surface area contributed by atoms with Gasteiger partial charge >= 0.3 is 0 Å². The Hall–Kier alpha value is -0.680. The average molecular weight is 272 g/mol. The van der Waals surface area contributed by atoms with Crippen molar-refractivity contribution in [3.8, 4) is 10.6 Å². The van der Waals surface area contributed by atoms with E-state index in [1.54, 1.807) is 11.3 Å². The molecule has 0 N–H and O–H groups in total. The monoisotopic (exact) mass is 271 g/mol. The van der Waals surface area contributed by atoms with Crippen LogP contribution in [0.5, 0.6) is 0 Å². The third kappa shape index (κ3) is 2.04. The van der Waals surface area contributed by atoms with E-state index in [1.165, 1.54) is 0 Å². The number of aryl methyl sites for hydroxylation is 1. The van der Waals surface area contributed by atoms with Crippen LogP contribution in [0.25, 0.3) is 10.6 Å². The Kier molecular flexibility index (Phi) is 2.98. The summed E-state index contributed by atoms with van der Waals surface area (Å²) in [5, 5.41) is 7.25. The van der Waals surface area contributed by atoms with Crippen LogP contribution in [0, 0.1) is 0 Å². The maximum Gasteiger partial charge on any atom is 0.127 e. The first-order valence-electron chi connectivity index (χ1n) is 4.43. The van der Waals surface area contributed by atoms with Gasteiger partial charge in [0.05, 0.1) is 6.20 Å². The molecule has 0 aromatic carbocycles. The van der Waals surface area contributed by atoms with E-state index >= 15 is 0 Å². The standard InChI is InChI=1S/C9H10BrN3S/c1-2-3-13-5-7(4-11-13)9-12-8(10)6-14-9/h4-6H,2-3H2,1H3. The molecule has 5 heteroatoms. The van der Waals surface area contributed by atoms with Gasteiger partial charge in [0, 0.05) is 23.7 Å². The SMILES string of the molecule is CCCn1cc(-c2nc(Br)cs2)cn1. The molecule has 0 spiro atoms. The molecule has 0 aliphatic carbocycles. The summed E-state index contributed by atoms with van der Waals surface area (Å²) in [6.07, 6.45) is 5.00. The molecule has 0 fully saturated rings. The van der Waals surface area contributed by atoms with Crippen molar-refractivity contribution in [2.24, 2.45) is 0 Å². The van der Waals surface area contributed by atoms with Crippen molar-refractivity contribution in [3.63, 3.8) is 0 Å². The Morgan fingerprint density at radius 3 is 3.07 bits per heavy atom. The van der Waals surface area contributed by atoms with E-state index in [9.17, 15) is 0 Å². The van der Waals surface area contributed by atoms with E-state index in [2.05, 4.69) is 32.9 Å². The van der Waals surface area contributed by atoms with Crippen LogP contribution in [-0.4, -0.2) is 14.8 Å². The van der Waals surface area contributed by atoms with Gasteiger partial charge < -0.3 is 0 Å². The smallest absolute Gasteiger partial charge is 0.127 e. The third-order valence-electron chi connectivity index (χ3n) is 1.81. The van der Waals surface area contributed by atoms with Crippen LogP contribution in [0.3, 0.4) is 0 Å². The lowest BCUT2D eigenvalue weighted by molar-refractivity contribution is 0.603. The Balaban J connectivity index is 2.24. The molecule has 74 valence electrons. The largest absolute Gasteiger partial charge is 0.272 e. The summed E-state index contributed by atoms with van der Waals surface area (Å²) in [6, 6.07) is 0. The maximum atomic E-state index is 4.34. The van der Waals surface area contributed by atoms with Gasteiger partial charge in [0.2, 0.25) is 0 Å². The molecule has 14 heavy (non-hydrogen) atoms. The molecule has 3 nitrogen and oxygen atoms in total. The molecular weight excluding hydrogens is 262 g/mol. The van der Waals surface area contributed by atoms with Crippen molar-refractivity contribution in [1.82, 2.24) is 14.8 Å². The topological polar surface area (TPSA) is 30.7 Å². The lowest BCUT2D eigenvalue weighted by Crippen LogP contribution is -1.95. The first kappa shape index (κ1) is 9.86. The van der Waals surface area contributed by atoms with Gasteiger partial charge in [-0.15, -0.1) is 11.3 Å². The summed E-state index contributed by atoms with van der Waals surface area (Å²) < 4.78 is 2.84. The predicted molar refractivity (Wildman–Crippen MR) is 61.3 cm³/mol. The second kappa shape index (κ2) is 4.23. The molecule has 0 saturated carbocycles. The number of hydrogen-bond acceptors (Lipinski definition) is 3. The molecule has 0 amide bonds. The van der Waals surface area contributed by atoms with Crippen LogP contribution >= 0.6 is 27.3 Å². The van der Waals surface area contributed by atoms with Gasteiger partial charge in [0.15, 0.2) is 0 Å². The predicted octanol–water partition coefficient (Wildman–Crippen LogP) is 3.18. The van der Waals surface area contributed by atoms with Crippen molar-refractivity contribution < 1.29 is 0 Å². The second-order valence-electron chi connectivity index (χ2n) is 2.97. The Labute approximate surface area is 94.9 Å². The van der Waals surface area contributed by atoms with Crippen LogP contribution in [0.2, 0.25) is 0 Å². The average Bonchev–Trinajstić information content (AvgIpc) is 2.74. The second-order valence-corrected chi connectivity index (χ2v) is 4.64. The minimum absolute atomic E-state index is 0.890. The van der Waals surface area contributed by atoms with Crippen LogP contribution in [0.15, 0.2) is 22.4 Å². The van der Waals surface area contributed by atoms with E-state index in [4.69, 9.17) is 0 Å². The molecule has 2 aromatic rings. The van der Waals surface area contributed by atoms with Gasteiger partial charge in [-0.25, -0.2) is 4.98 Å². The summed E-state index contributed by atoms with van der Waals surface area (Å²) in [5.41, 5.74) is 1.09. The highest BCUT2D eigenvalue weighted by atomic mass is 79.9. The van der Waals surface area contributed by atoms with E-state index in [0.717, 1.165) is 28.1 Å². The van der Waals surface area contributed by atoms with Gasteiger partial charge in [-0.2, -0.15) is 5.10 Å². The first-order valence-corrected chi connectivity index (χ1v) is 6.10. The number of hydrogen-bond donors (Lipinski definition) is 0. The molecule has 2 rings (SSSR count). The molecule has 0 bridgehead atoms. The lowest BCUT2D eigenvalue weighted by Gasteiger charge is -1.94. The summed E-state index contributed by atoms with van der Waals surface area (Å²) in [4.78, 5) is 4.34. The van der Waals surface area contributed by atoms with Crippen molar-refractivity contribution in [3.05, 3.63) is 22.4 Å². The molecule has 2 aromatic heterocycles. The zero-order valence-corrected chi connectivity index (χ0v) is 10.2. The van der Waals surface area contributed by atoms with Crippen molar-refractivity contribution in [2.75, 3.05) is 0 Å². The van der Waals surface area contributed by atoms with Crippen LogP contribution in [0.1, 0.15) is 13.3 Å². The van der Waals surface area contributed by atoms with E-state index in [-0.39, 0.29) is 0 Å². The highest BCUT2D eigenvalue weighted by molar-refractivity contribution is 9.10. The summed E-state index contributed by atoms with van der Waals surface area (Å²) in [5.74, 6) is 0. The number of thiazole rings is 1. The summed E-state index contributed by atoms with van der Waals surface area (Å²) in [7, 11) is 0. The van der Waals surface area contributed by atoms with Gasteiger partial charge in [-0.1, -0.05) is 6.92 Å². The molecular formula is C9H10BrN3S. The van der Waals surface area contributed by atoms with E-state index in [1.807, 2.05) is 22.5 Å².